The summed E-state index contributed by atoms with van der Waals surface area (Å²) in [7, 11) is 0. The van der Waals surface area contributed by atoms with Gasteiger partial charge >= 0.3 is 0 Å². The molecule has 0 heterocycles. The SMILES string of the molecule is CCC(Br)CNC(=O)CC1CC2CCC1C2. The molecule has 2 aliphatic carbocycles. The number of amides is 1. The van der Waals surface area contributed by atoms with Crippen molar-refractivity contribution in [3.8, 4) is 0 Å². The zero-order valence-electron chi connectivity index (χ0n) is 10.0. The van der Waals surface area contributed by atoms with Crippen molar-refractivity contribution in [2.45, 2.75) is 50.3 Å². The molecule has 0 radical (unpaired) electrons. The number of alkyl halides is 1. The van der Waals surface area contributed by atoms with Crippen LogP contribution in [-0.2, 0) is 4.79 Å². The molecule has 2 bridgehead atoms. The van der Waals surface area contributed by atoms with Crippen LogP contribution in [0.4, 0.5) is 0 Å². The summed E-state index contributed by atoms with van der Waals surface area (Å²) in [6.07, 6.45) is 7.33. The van der Waals surface area contributed by atoms with Crippen LogP contribution in [0.3, 0.4) is 0 Å². The molecule has 92 valence electrons. The molecule has 0 aromatic heterocycles. The molecule has 0 spiro atoms. The van der Waals surface area contributed by atoms with Gasteiger partial charge in [0, 0.05) is 17.8 Å². The second-order valence-electron chi connectivity index (χ2n) is 5.45. The lowest BCUT2D eigenvalue weighted by atomic mass is 9.86. The number of rotatable bonds is 5. The quantitative estimate of drug-likeness (QED) is 0.774. The molecule has 0 aliphatic heterocycles. The maximum Gasteiger partial charge on any atom is 0.220 e. The van der Waals surface area contributed by atoms with Crippen molar-refractivity contribution >= 4 is 21.8 Å². The van der Waals surface area contributed by atoms with E-state index in [0.29, 0.717) is 10.7 Å². The molecular formula is C13H22BrNO. The lowest BCUT2D eigenvalue weighted by Crippen LogP contribution is -2.31. The third kappa shape index (κ3) is 2.99. The number of hydrogen-bond acceptors (Lipinski definition) is 1. The van der Waals surface area contributed by atoms with E-state index in [-0.39, 0.29) is 5.91 Å². The Morgan fingerprint density at radius 3 is 2.81 bits per heavy atom. The fourth-order valence-electron chi connectivity index (χ4n) is 3.31. The van der Waals surface area contributed by atoms with Crippen LogP contribution in [0.2, 0.25) is 0 Å². The maximum atomic E-state index is 11.8. The van der Waals surface area contributed by atoms with Crippen LogP contribution in [0, 0.1) is 17.8 Å². The van der Waals surface area contributed by atoms with E-state index in [1.54, 1.807) is 0 Å². The predicted molar refractivity (Wildman–Crippen MR) is 69.6 cm³/mol. The van der Waals surface area contributed by atoms with Crippen LogP contribution in [-0.4, -0.2) is 17.3 Å². The highest BCUT2D eigenvalue weighted by Gasteiger charge is 2.39. The Hall–Kier alpha value is -0.0500. The smallest absolute Gasteiger partial charge is 0.220 e. The van der Waals surface area contributed by atoms with Crippen molar-refractivity contribution in [3.63, 3.8) is 0 Å². The molecule has 4 atom stereocenters. The highest BCUT2D eigenvalue weighted by molar-refractivity contribution is 9.09. The van der Waals surface area contributed by atoms with Gasteiger partial charge in [-0.05, 0) is 43.4 Å². The van der Waals surface area contributed by atoms with Crippen molar-refractivity contribution in [2.24, 2.45) is 17.8 Å². The van der Waals surface area contributed by atoms with E-state index >= 15 is 0 Å². The predicted octanol–water partition coefficient (Wildman–Crippen LogP) is 3.10. The zero-order valence-corrected chi connectivity index (χ0v) is 11.6. The molecule has 1 N–H and O–H groups in total. The number of nitrogens with one attached hydrogen (secondary N) is 1. The van der Waals surface area contributed by atoms with Crippen molar-refractivity contribution < 1.29 is 4.79 Å². The first-order valence-corrected chi connectivity index (χ1v) is 7.51. The summed E-state index contributed by atoms with van der Waals surface area (Å²) in [6.45, 7) is 2.90. The van der Waals surface area contributed by atoms with Gasteiger partial charge in [-0.3, -0.25) is 4.79 Å². The third-order valence-electron chi connectivity index (χ3n) is 4.30. The van der Waals surface area contributed by atoms with Crippen LogP contribution < -0.4 is 5.32 Å². The molecule has 2 saturated carbocycles. The summed E-state index contributed by atoms with van der Waals surface area (Å²) < 4.78 is 0. The second-order valence-corrected chi connectivity index (χ2v) is 6.74. The van der Waals surface area contributed by atoms with Gasteiger partial charge < -0.3 is 5.32 Å². The Bertz CT molecular complexity index is 256. The molecule has 16 heavy (non-hydrogen) atoms. The largest absolute Gasteiger partial charge is 0.355 e. The van der Waals surface area contributed by atoms with Crippen LogP contribution >= 0.6 is 15.9 Å². The lowest BCUT2D eigenvalue weighted by Gasteiger charge is -2.21. The van der Waals surface area contributed by atoms with Crippen LogP contribution in [0.15, 0.2) is 0 Å². The second kappa shape index (κ2) is 5.52. The summed E-state index contributed by atoms with van der Waals surface area (Å²) in [6, 6.07) is 0. The highest BCUT2D eigenvalue weighted by Crippen LogP contribution is 2.49. The monoisotopic (exact) mass is 287 g/mol. The Balaban J connectivity index is 1.67. The molecule has 0 saturated heterocycles. The molecule has 2 nitrogen and oxygen atoms in total. The molecule has 1 amide bonds. The van der Waals surface area contributed by atoms with Crippen LogP contribution in [0.1, 0.15) is 45.4 Å². The molecule has 4 unspecified atom stereocenters. The van der Waals surface area contributed by atoms with Gasteiger partial charge in [0.2, 0.25) is 5.91 Å². The number of fused-ring (bicyclic) bond motifs is 2. The highest BCUT2D eigenvalue weighted by atomic mass is 79.9. The molecule has 2 aliphatic rings. The van der Waals surface area contributed by atoms with Gasteiger partial charge in [0.25, 0.3) is 0 Å². The van der Waals surface area contributed by atoms with Crippen molar-refractivity contribution in [1.82, 2.24) is 5.32 Å². The molecule has 0 aromatic carbocycles. The van der Waals surface area contributed by atoms with E-state index in [1.165, 1.54) is 25.7 Å². The Morgan fingerprint density at radius 2 is 2.25 bits per heavy atom. The lowest BCUT2D eigenvalue weighted by molar-refractivity contribution is -0.122. The molecule has 2 rings (SSSR count). The average Bonchev–Trinajstić information content (AvgIpc) is 2.87. The van der Waals surface area contributed by atoms with Gasteiger partial charge in [0.1, 0.15) is 0 Å². The van der Waals surface area contributed by atoms with E-state index in [1.807, 2.05) is 0 Å². The topological polar surface area (TPSA) is 29.1 Å². The zero-order chi connectivity index (χ0) is 11.5. The number of carbonyl (C=O) groups excluding carboxylic acids is 1. The van der Waals surface area contributed by atoms with Gasteiger partial charge in [-0.2, -0.15) is 0 Å². The van der Waals surface area contributed by atoms with E-state index in [4.69, 9.17) is 0 Å². The number of carbonyl (C=O) groups is 1. The minimum Gasteiger partial charge on any atom is -0.355 e. The van der Waals surface area contributed by atoms with Gasteiger partial charge in [0.15, 0.2) is 0 Å². The van der Waals surface area contributed by atoms with Crippen molar-refractivity contribution in [3.05, 3.63) is 0 Å². The summed E-state index contributed by atoms with van der Waals surface area (Å²) in [4.78, 5) is 12.2. The fraction of sp³-hybridized carbons (Fsp3) is 0.923. The van der Waals surface area contributed by atoms with E-state index < -0.39 is 0 Å². The first-order chi connectivity index (χ1) is 7.69. The van der Waals surface area contributed by atoms with E-state index in [0.717, 1.165) is 31.2 Å². The summed E-state index contributed by atoms with van der Waals surface area (Å²) >= 11 is 3.54. The van der Waals surface area contributed by atoms with E-state index in [2.05, 4.69) is 28.2 Å². The standard InChI is InChI=1S/C13H22BrNO/c1-2-12(14)8-15-13(16)7-11-6-9-3-4-10(11)5-9/h9-12H,2-8H2,1H3,(H,15,16). The van der Waals surface area contributed by atoms with Gasteiger partial charge in [-0.1, -0.05) is 29.3 Å². The van der Waals surface area contributed by atoms with Crippen molar-refractivity contribution in [2.75, 3.05) is 6.54 Å². The van der Waals surface area contributed by atoms with Gasteiger partial charge in [-0.25, -0.2) is 0 Å². The Kier molecular flexibility index (Phi) is 4.28. The normalized spacial score (nSPS) is 34.0. The fourth-order valence-corrected chi connectivity index (χ4v) is 3.47. The summed E-state index contributed by atoms with van der Waals surface area (Å²) in [5.74, 6) is 2.76. The first-order valence-electron chi connectivity index (χ1n) is 6.59. The number of halogens is 1. The number of hydrogen-bond donors (Lipinski definition) is 1. The molecular weight excluding hydrogens is 266 g/mol. The minimum atomic E-state index is 0.260. The van der Waals surface area contributed by atoms with Gasteiger partial charge in [0.05, 0.1) is 0 Å². The maximum absolute atomic E-state index is 11.8. The molecule has 2 fully saturated rings. The van der Waals surface area contributed by atoms with Crippen LogP contribution in [0.5, 0.6) is 0 Å². The first kappa shape index (κ1) is 12.4. The minimum absolute atomic E-state index is 0.260. The van der Waals surface area contributed by atoms with Crippen molar-refractivity contribution in [1.29, 1.82) is 0 Å². The van der Waals surface area contributed by atoms with E-state index in [9.17, 15) is 4.79 Å². The summed E-state index contributed by atoms with van der Waals surface area (Å²) in [5, 5.41) is 3.03. The Morgan fingerprint density at radius 1 is 1.44 bits per heavy atom. The molecule has 3 heteroatoms. The third-order valence-corrected chi connectivity index (χ3v) is 5.27. The molecule has 0 aromatic rings. The Labute approximate surface area is 107 Å². The average molecular weight is 288 g/mol. The van der Waals surface area contributed by atoms with Gasteiger partial charge in [-0.15, -0.1) is 0 Å². The van der Waals surface area contributed by atoms with Crippen LogP contribution in [0.25, 0.3) is 0 Å². The summed E-state index contributed by atoms with van der Waals surface area (Å²) in [5.41, 5.74) is 0.